The fourth-order valence-electron chi connectivity index (χ4n) is 3.33. The van der Waals surface area contributed by atoms with E-state index in [0.717, 1.165) is 29.6 Å². The number of alkyl halides is 3. The number of ether oxygens (including phenoxy) is 1. The van der Waals surface area contributed by atoms with Crippen LogP contribution in [-0.4, -0.2) is 27.2 Å². The lowest BCUT2D eigenvalue weighted by Gasteiger charge is -2.11. The molecule has 3 aromatic rings. The second-order valence-corrected chi connectivity index (χ2v) is 6.83. The molecule has 0 amide bonds. The summed E-state index contributed by atoms with van der Waals surface area (Å²) in [5.74, 6) is -4.63. The number of carbonyl (C=O) groups is 1. The molecule has 4 rings (SSSR count). The van der Waals surface area contributed by atoms with Crippen molar-refractivity contribution in [2.75, 3.05) is 6.61 Å². The number of carbonyl (C=O) groups excluding carboxylic acids is 1. The molecule has 1 aliphatic carbocycles. The van der Waals surface area contributed by atoms with Gasteiger partial charge in [0.05, 0.1) is 24.1 Å². The van der Waals surface area contributed by atoms with E-state index in [9.17, 15) is 31.5 Å². The summed E-state index contributed by atoms with van der Waals surface area (Å²) in [5, 5.41) is 4.07. The summed E-state index contributed by atoms with van der Waals surface area (Å²) in [7, 11) is 0. The molecule has 0 spiro atoms. The minimum absolute atomic E-state index is 0.0529. The maximum absolute atomic E-state index is 14.4. The molecule has 1 aromatic carbocycles. The molecule has 1 saturated carbocycles. The Kier molecular flexibility index (Phi) is 4.63. The third kappa shape index (κ3) is 3.23. The van der Waals surface area contributed by atoms with Crippen molar-refractivity contribution in [3.63, 3.8) is 0 Å². The Bertz CT molecular complexity index is 1220. The Morgan fingerprint density at radius 3 is 2.57 bits per heavy atom. The molecule has 2 heterocycles. The van der Waals surface area contributed by atoms with Crippen LogP contribution in [0.25, 0.3) is 16.8 Å². The molecule has 30 heavy (non-hydrogen) atoms. The summed E-state index contributed by atoms with van der Waals surface area (Å²) in [5.41, 5.74) is -2.97. The molecule has 0 bridgehead atoms. The Morgan fingerprint density at radius 2 is 1.97 bits per heavy atom. The predicted molar refractivity (Wildman–Crippen MR) is 94.1 cm³/mol. The molecule has 0 radical (unpaired) electrons. The molecule has 1 aliphatic rings. The highest BCUT2D eigenvalue weighted by Crippen LogP contribution is 2.43. The number of nitrogens with one attached hydrogen (secondary N) is 1. The number of hydrogen-bond donors (Lipinski definition) is 1. The van der Waals surface area contributed by atoms with Crippen LogP contribution >= 0.6 is 0 Å². The number of halogens is 5. The van der Waals surface area contributed by atoms with Crippen LogP contribution in [-0.2, 0) is 10.9 Å². The van der Waals surface area contributed by atoms with Gasteiger partial charge < -0.3 is 9.72 Å². The standard InChI is InChI=1S/C19H14F5N3O3/c1-2-30-18(29)15-12(8-3-4-8)16-17(28)25-11(7-27(16)26-15)9-5-6-10(19(22,23)24)14(21)13(9)20/h5-8H,2-4H2,1H3,(H,25,28). The lowest BCUT2D eigenvalue weighted by Crippen LogP contribution is -2.14. The maximum Gasteiger partial charge on any atom is 0.419 e. The van der Waals surface area contributed by atoms with Crippen molar-refractivity contribution in [1.29, 1.82) is 0 Å². The van der Waals surface area contributed by atoms with Crippen LogP contribution < -0.4 is 5.56 Å². The van der Waals surface area contributed by atoms with Gasteiger partial charge in [-0.25, -0.2) is 18.1 Å². The molecule has 1 N–H and O–H groups in total. The van der Waals surface area contributed by atoms with Gasteiger partial charge in [-0.2, -0.15) is 18.3 Å². The van der Waals surface area contributed by atoms with Crippen molar-refractivity contribution in [3.05, 3.63) is 57.1 Å². The number of rotatable bonds is 4. The lowest BCUT2D eigenvalue weighted by molar-refractivity contribution is -0.140. The van der Waals surface area contributed by atoms with Crippen LogP contribution in [0.4, 0.5) is 22.0 Å². The zero-order valence-electron chi connectivity index (χ0n) is 15.4. The Balaban J connectivity index is 1.90. The zero-order chi connectivity index (χ0) is 21.8. The van der Waals surface area contributed by atoms with E-state index in [1.165, 1.54) is 0 Å². The van der Waals surface area contributed by atoms with Crippen molar-refractivity contribution in [2.24, 2.45) is 0 Å². The molecule has 158 valence electrons. The van der Waals surface area contributed by atoms with Gasteiger partial charge in [-0.15, -0.1) is 0 Å². The van der Waals surface area contributed by atoms with E-state index in [0.29, 0.717) is 11.6 Å². The predicted octanol–water partition coefficient (Wildman–Crippen LogP) is 4.04. The maximum atomic E-state index is 14.4. The van der Waals surface area contributed by atoms with Crippen LogP contribution in [0.2, 0.25) is 0 Å². The van der Waals surface area contributed by atoms with Crippen molar-refractivity contribution >= 4 is 11.5 Å². The monoisotopic (exact) mass is 427 g/mol. The Hall–Kier alpha value is -3.24. The van der Waals surface area contributed by atoms with Gasteiger partial charge in [0.1, 0.15) is 5.52 Å². The molecular formula is C19H14F5N3O3. The fraction of sp³-hybridized carbons (Fsp3) is 0.316. The summed E-state index contributed by atoms with van der Waals surface area (Å²) in [6.07, 6.45) is -2.46. The van der Waals surface area contributed by atoms with Crippen LogP contribution in [0, 0.1) is 11.6 Å². The van der Waals surface area contributed by atoms with Crippen molar-refractivity contribution in [3.8, 4) is 11.3 Å². The smallest absolute Gasteiger partial charge is 0.419 e. The molecule has 0 atom stereocenters. The average molecular weight is 427 g/mol. The molecule has 0 unspecified atom stereocenters. The van der Waals surface area contributed by atoms with Gasteiger partial charge in [-0.05, 0) is 37.8 Å². The first-order valence-electron chi connectivity index (χ1n) is 9.01. The van der Waals surface area contributed by atoms with Crippen molar-refractivity contribution in [2.45, 2.75) is 31.9 Å². The molecule has 2 aromatic heterocycles. The van der Waals surface area contributed by atoms with Gasteiger partial charge in [0.2, 0.25) is 0 Å². The van der Waals surface area contributed by atoms with E-state index in [1.54, 1.807) is 6.92 Å². The molecule has 0 saturated heterocycles. The van der Waals surface area contributed by atoms with Gasteiger partial charge in [-0.3, -0.25) is 4.79 Å². The highest BCUT2D eigenvalue weighted by molar-refractivity contribution is 5.92. The number of fused-ring (bicyclic) bond motifs is 1. The van der Waals surface area contributed by atoms with Crippen LogP contribution in [0.1, 0.15) is 47.3 Å². The topological polar surface area (TPSA) is 76.5 Å². The van der Waals surface area contributed by atoms with Crippen LogP contribution in [0.15, 0.2) is 23.1 Å². The van der Waals surface area contributed by atoms with Crippen LogP contribution in [0.3, 0.4) is 0 Å². The number of aromatic amines is 1. The first-order chi connectivity index (χ1) is 14.1. The highest BCUT2D eigenvalue weighted by atomic mass is 19.4. The number of benzene rings is 1. The average Bonchev–Trinajstić information content (AvgIpc) is 3.42. The molecule has 6 nitrogen and oxygen atoms in total. The Labute approximate surface area is 165 Å². The summed E-state index contributed by atoms with van der Waals surface area (Å²) >= 11 is 0. The van der Waals surface area contributed by atoms with E-state index in [2.05, 4.69) is 10.1 Å². The molecular weight excluding hydrogens is 413 g/mol. The number of H-pyrrole nitrogens is 1. The second kappa shape index (κ2) is 6.92. The lowest BCUT2D eigenvalue weighted by atomic mass is 10.1. The first-order valence-corrected chi connectivity index (χ1v) is 9.01. The molecule has 0 aliphatic heterocycles. The third-order valence-electron chi connectivity index (χ3n) is 4.79. The summed E-state index contributed by atoms with van der Waals surface area (Å²) in [4.78, 5) is 27.3. The van der Waals surface area contributed by atoms with Gasteiger partial charge in [-0.1, -0.05) is 0 Å². The van der Waals surface area contributed by atoms with Gasteiger partial charge in [0.15, 0.2) is 17.3 Å². The van der Waals surface area contributed by atoms with Crippen LogP contribution in [0.5, 0.6) is 0 Å². The van der Waals surface area contributed by atoms with E-state index >= 15 is 0 Å². The van der Waals surface area contributed by atoms with Gasteiger partial charge in [0.25, 0.3) is 5.56 Å². The van der Waals surface area contributed by atoms with E-state index in [-0.39, 0.29) is 29.4 Å². The number of nitrogens with zero attached hydrogens (tertiary/aromatic N) is 2. The van der Waals surface area contributed by atoms with E-state index < -0.39 is 40.5 Å². The largest absolute Gasteiger partial charge is 0.461 e. The fourth-order valence-corrected chi connectivity index (χ4v) is 3.33. The summed E-state index contributed by atoms with van der Waals surface area (Å²) in [6, 6.07) is 1.11. The van der Waals surface area contributed by atoms with Crippen molar-refractivity contribution in [1.82, 2.24) is 14.6 Å². The number of aromatic nitrogens is 3. The molecule has 11 heteroatoms. The quantitative estimate of drug-likeness (QED) is 0.504. The normalized spacial score (nSPS) is 14.3. The Morgan fingerprint density at radius 1 is 1.27 bits per heavy atom. The van der Waals surface area contributed by atoms with Gasteiger partial charge in [0, 0.05) is 11.1 Å². The summed E-state index contributed by atoms with van der Waals surface area (Å²) in [6.45, 7) is 1.70. The number of hydrogen-bond acceptors (Lipinski definition) is 4. The third-order valence-corrected chi connectivity index (χ3v) is 4.79. The second-order valence-electron chi connectivity index (χ2n) is 6.83. The first kappa shape index (κ1) is 20.0. The number of esters is 1. The van der Waals surface area contributed by atoms with Crippen molar-refractivity contribution < 1.29 is 31.5 Å². The highest BCUT2D eigenvalue weighted by Gasteiger charge is 2.37. The van der Waals surface area contributed by atoms with E-state index in [1.807, 2.05) is 0 Å². The zero-order valence-corrected chi connectivity index (χ0v) is 15.4. The minimum Gasteiger partial charge on any atom is -0.461 e. The van der Waals surface area contributed by atoms with Gasteiger partial charge >= 0.3 is 12.1 Å². The SMILES string of the molecule is CCOC(=O)c1nn2cc(-c3ccc(C(F)(F)F)c(F)c3F)[nH]c(=O)c2c1C1CC1. The van der Waals surface area contributed by atoms with E-state index in [4.69, 9.17) is 4.74 Å². The molecule has 1 fully saturated rings. The minimum atomic E-state index is -5.07. The summed E-state index contributed by atoms with van der Waals surface area (Å²) < 4.78 is 72.7.